The molecule has 1 aliphatic heterocycles. The smallest absolute Gasteiger partial charge is 0.872 e. The average Bonchev–Trinajstić information content (AvgIpc) is 3.81. The predicted octanol–water partition coefficient (Wildman–Crippen LogP) is 13.8. The van der Waals surface area contributed by atoms with Crippen LogP contribution in [0.2, 0.25) is 39.3 Å². The summed E-state index contributed by atoms with van der Waals surface area (Å²) in [6.45, 7) is 39.9. The summed E-state index contributed by atoms with van der Waals surface area (Å²) >= 11 is 0. The maximum atomic E-state index is 12.4. The Labute approximate surface area is 448 Å². The number of ether oxygens (including phenoxy) is 1. The van der Waals surface area contributed by atoms with Gasteiger partial charge >= 0.3 is 46.9 Å². The van der Waals surface area contributed by atoms with Gasteiger partial charge in [-0.2, -0.15) is 0 Å². The van der Waals surface area contributed by atoms with E-state index >= 15 is 0 Å². The first kappa shape index (κ1) is 61.8. The Kier molecular flexibility index (Phi) is 28.1. The number of para-hydroxylation sites is 1. The maximum Gasteiger partial charge on any atom is 3.00 e. The number of hydrogen-bond acceptors (Lipinski definition) is 5. The van der Waals surface area contributed by atoms with Crippen LogP contribution in [0, 0.1) is 53.8 Å². The quantitative estimate of drug-likeness (QED) is 0.0672. The van der Waals surface area contributed by atoms with E-state index in [2.05, 4.69) is 159 Å². The summed E-state index contributed by atoms with van der Waals surface area (Å²) in [5, 5.41) is 20.1. The maximum absolute atomic E-state index is 12.4. The van der Waals surface area contributed by atoms with E-state index in [-0.39, 0.29) is 69.5 Å². The molecule has 0 atom stereocenters. The molecule has 0 spiro atoms. The third-order valence-corrected chi connectivity index (χ3v) is 11.2. The molecule has 0 bridgehead atoms. The number of hydrogen-bond donors (Lipinski definition) is 2. The van der Waals surface area contributed by atoms with Crippen LogP contribution in [-0.2, 0) is 15.6 Å². The molecule has 0 aliphatic carbocycles. The summed E-state index contributed by atoms with van der Waals surface area (Å²) in [6, 6.07) is 35.2. The monoisotopic (exact) mass is 1110 g/mol. The van der Waals surface area contributed by atoms with E-state index in [0.29, 0.717) is 12.0 Å². The Balaban J connectivity index is 0.000000502. The van der Waals surface area contributed by atoms with E-state index in [4.69, 9.17) is 19.7 Å². The van der Waals surface area contributed by atoms with Crippen LogP contribution in [0.4, 0.5) is 5.69 Å². The number of aliphatic imine (C=N–C) groups is 3. The van der Waals surface area contributed by atoms with Gasteiger partial charge in [-0.15, -0.1) is 5.75 Å². The van der Waals surface area contributed by atoms with E-state index < -0.39 is 16.5 Å². The predicted molar refractivity (Wildman–Crippen MR) is 292 cm³/mol. The summed E-state index contributed by atoms with van der Waals surface area (Å²) in [5.74, 6) is 2.81. The molecule has 1 heterocycles. The van der Waals surface area contributed by atoms with E-state index in [0.717, 1.165) is 72.3 Å². The standard InChI is InChI=1S/C23H35N4Si2.C15H24O.C13H20N3.C4H8O.Yb/c1-28(2,3)26-22(20-14-9-7-10-15-20)24-18-13-19-25-23(27-29(4,5)6)21-16-11-8-12-17-21;1-10-8-11(14(2,3)4)13(16)12(9-10)15(5,6)7;1-10(2)14-13(15-11(3)4)16-12-8-6-5-7-9-12;1-2-4-5-3-1;/h7-12,14-17H,13,18-19H2,1-6H3,(H-,24,25,26,27);8-9,16H,1-7H3;5-11H,1-4H3,(H-,14,15,16);1-4H2;/q-1;;-1;;+3/p-1. The third-order valence-electron chi connectivity index (χ3n) is 9.33. The number of aryl methyl sites for hydroxylation is 1. The van der Waals surface area contributed by atoms with Crippen molar-refractivity contribution in [3.63, 3.8) is 0 Å². The van der Waals surface area contributed by atoms with Gasteiger partial charge in [-0.1, -0.05) is 223 Å². The molecule has 12 heteroatoms. The van der Waals surface area contributed by atoms with Crippen molar-refractivity contribution in [3.8, 4) is 5.75 Å². The van der Waals surface area contributed by atoms with Gasteiger partial charge in [-0.05, 0) is 78.0 Å². The number of rotatable bonds is 11. The summed E-state index contributed by atoms with van der Waals surface area (Å²) in [6.07, 6.45) is 3.46. The van der Waals surface area contributed by atoms with Crippen LogP contribution < -0.4 is 15.4 Å². The first-order valence-electron chi connectivity index (χ1n) is 24.0. The van der Waals surface area contributed by atoms with Gasteiger partial charge in [0, 0.05) is 39.5 Å². The van der Waals surface area contributed by atoms with Crippen molar-refractivity contribution in [1.82, 2.24) is 10.3 Å². The van der Waals surface area contributed by atoms with Crippen molar-refractivity contribution in [1.29, 1.82) is 0 Å². The molecule has 67 heavy (non-hydrogen) atoms. The minimum absolute atomic E-state index is 0. The molecular formula is C55H86N7O2Si2Yb. The van der Waals surface area contributed by atoms with Gasteiger partial charge < -0.3 is 40.4 Å². The second-order valence-electron chi connectivity index (χ2n) is 21.5. The molecule has 0 aromatic heterocycles. The van der Waals surface area contributed by atoms with Gasteiger partial charge in [-0.25, -0.2) is 0 Å². The molecule has 9 nitrogen and oxygen atoms in total. The SMILES string of the molecule is C1CCOC1.CC(C)[N-]C(=Nc1ccccc1)NC(C)C.C[Si](C)(C)[N-]C(=NCCCN=C(N[Si](C)(C)C)c1ccccc1)c1ccccc1.Cc1cc(C(C)(C)C)c([O-])c(C(C)(C)C)c1.[Yb+3]. The van der Waals surface area contributed by atoms with Crippen molar-refractivity contribution in [2.75, 3.05) is 26.3 Å². The number of nitrogens with one attached hydrogen (secondary N) is 2. The Bertz CT molecular complexity index is 1940. The Morgan fingerprint density at radius 1 is 0.701 bits per heavy atom. The van der Waals surface area contributed by atoms with Gasteiger partial charge in [0.2, 0.25) is 0 Å². The van der Waals surface area contributed by atoms with Crippen molar-refractivity contribution in [2.45, 2.75) is 158 Å². The van der Waals surface area contributed by atoms with Crippen molar-refractivity contribution in [2.24, 2.45) is 15.0 Å². The summed E-state index contributed by atoms with van der Waals surface area (Å²) in [5.41, 5.74) is 6.05. The first-order valence-corrected chi connectivity index (χ1v) is 30.9. The van der Waals surface area contributed by atoms with Gasteiger partial charge in [0.25, 0.3) is 0 Å². The molecular weight excluding hydrogens is 1020 g/mol. The molecule has 0 unspecified atom stereocenters. The molecule has 1 saturated heterocycles. The topological polar surface area (TPSA) is 122 Å². The van der Waals surface area contributed by atoms with Gasteiger partial charge in [0.15, 0.2) is 0 Å². The number of amidine groups is 2. The third kappa shape index (κ3) is 27.5. The summed E-state index contributed by atoms with van der Waals surface area (Å²) in [7, 11) is -3.08. The van der Waals surface area contributed by atoms with E-state index in [1.165, 1.54) is 18.4 Å². The fraction of sp³-hybridized carbons (Fsp3) is 0.509. The van der Waals surface area contributed by atoms with Crippen LogP contribution in [0.3, 0.4) is 0 Å². The van der Waals surface area contributed by atoms with Gasteiger partial charge in [-0.3, -0.25) is 4.99 Å². The first-order chi connectivity index (χ1) is 30.7. The molecule has 1 fully saturated rings. The molecule has 4 aromatic rings. The minimum atomic E-state index is -1.60. The fourth-order valence-electron chi connectivity index (χ4n) is 6.32. The molecule has 375 valence electrons. The molecule has 0 amide bonds. The molecule has 2 N–H and O–H groups in total. The molecule has 1 radical (unpaired) electrons. The zero-order valence-electron chi connectivity index (χ0n) is 44.2. The second kappa shape index (κ2) is 30.4. The fourth-order valence-corrected chi connectivity index (χ4v) is 8.09. The summed E-state index contributed by atoms with van der Waals surface area (Å²) in [4.78, 5) is 22.8. The molecule has 1 aliphatic rings. The number of nitrogens with zero attached hydrogens (tertiary/aromatic N) is 5. The van der Waals surface area contributed by atoms with Crippen LogP contribution in [0.5, 0.6) is 5.75 Å². The minimum Gasteiger partial charge on any atom is -0.872 e. The van der Waals surface area contributed by atoms with Crippen LogP contribution in [0.1, 0.15) is 116 Å². The Hall–Kier alpha value is -3.20. The van der Waals surface area contributed by atoms with Crippen LogP contribution in [0.25, 0.3) is 10.3 Å². The van der Waals surface area contributed by atoms with E-state index in [9.17, 15) is 5.11 Å². The largest absolute Gasteiger partial charge is 3.00 e. The van der Waals surface area contributed by atoms with Crippen LogP contribution in [-0.4, -0.2) is 72.5 Å². The summed E-state index contributed by atoms with van der Waals surface area (Å²) < 4.78 is 4.94. The average molecular weight is 1110 g/mol. The Morgan fingerprint density at radius 2 is 1.16 bits per heavy atom. The Morgan fingerprint density at radius 3 is 1.57 bits per heavy atom. The van der Waals surface area contributed by atoms with Gasteiger partial charge in [0.05, 0.1) is 0 Å². The molecule has 5 rings (SSSR count). The van der Waals surface area contributed by atoms with Crippen molar-refractivity contribution < 1.29 is 56.8 Å². The zero-order valence-corrected chi connectivity index (χ0v) is 48.0. The van der Waals surface area contributed by atoms with Gasteiger partial charge in [0.1, 0.15) is 14.1 Å². The normalized spacial score (nSPS) is 13.5. The second-order valence-corrected chi connectivity index (χ2v) is 30.8. The van der Waals surface area contributed by atoms with Crippen LogP contribution >= 0.6 is 0 Å². The van der Waals surface area contributed by atoms with Crippen LogP contribution in [0.15, 0.2) is 118 Å². The van der Waals surface area contributed by atoms with E-state index in [1.807, 2.05) is 80.6 Å². The van der Waals surface area contributed by atoms with Crippen molar-refractivity contribution >= 4 is 39.8 Å². The van der Waals surface area contributed by atoms with Crippen molar-refractivity contribution in [3.05, 3.63) is 141 Å². The zero-order chi connectivity index (χ0) is 49.6. The number of guanidine groups is 1. The number of benzene rings is 4. The molecule has 0 saturated carbocycles. The van der Waals surface area contributed by atoms with E-state index in [1.54, 1.807) is 0 Å². The molecule has 4 aromatic carbocycles.